The van der Waals surface area contributed by atoms with Gasteiger partial charge in [0.2, 0.25) is 0 Å². The Morgan fingerprint density at radius 2 is 1.87 bits per heavy atom. The van der Waals surface area contributed by atoms with Gasteiger partial charge in [-0.15, -0.1) is 0 Å². The molecule has 0 unspecified atom stereocenters. The Labute approximate surface area is 177 Å². The van der Waals surface area contributed by atoms with Gasteiger partial charge in [-0.3, -0.25) is 4.98 Å². The fourth-order valence-electron chi connectivity index (χ4n) is 2.94. The number of amides is 2. The number of rotatable bonds is 9. The average molecular weight is 405 g/mol. The maximum Gasteiger partial charge on any atom is 0.319 e. The molecule has 0 bridgehead atoms. The summed E-state index contributed by atoms with van der Waals surface area (Å²) in [5.74, 6) is 0.692. The summed E-state index contributed by atoms with van der Waals surface area (Å²) in [7, 11) is 4.06. The molecule has 156 valence electrons. The summed E-state index contributed by atoms with van der Waals surface area (Å²) < 4.78 is 5.77. The van der Waals surface area contributed by atoms with Crippen LogP contribution in [0.25, 0.3) is 0 Å². The van der Waals surface area contributed by atoms with Gasteiger partial charge in [-0.2, -0.15) is 0 Å². The summed E-state index contributed by atoms with van der Waals surface area (Å²) in [6.07, 6.45) is 5.30. The summed E-state index contributed by atoms with van der Waals surface area (Å²) in [5.41, 5.74) is 4.13. The number of hydrogen-bond donors (Lipinski definition) is 2. The van der Waals surface area contributed by atoms with Gasteiger partial charge in [-0.25, -0.2) is 4.79 Å². The SMILES string of the molecule is CN(C)c1ccc(CCCNC(=O)Nc2cccc(OCc3cccnc3)c2)cc1. The summed E-state index contributed by atoms with van der Waals surface area (Å²) in [6.45, 7) is 1.04. The number of nitrogens with one attached hydrogen (secondary N) is 2. The zero-order valence-corrected chi connectivity index (χ0v) is 17.5. The molecule has 0 radical (unpaired) electrons. The number of pyridine rings is 1. The van der Waals surface area contributed by atoms with Crippen molar-refractivity contribution in [1.82, 2.24) is 10.3 Å². The van der Waals surface area contributed by atoms with Gasteiger partial charge >= 0.3 is 6.03 Å². The first-order chi connectivity index (χ1) is 14.6. The predicted octanol–water partition coefficient (Wildman–Crippen LogP) is 4.48. The fourth-order valence-corrected chi connectivity index (χ4v) is 2.94. The summed E-state index contributed by atoms with van der Waals surface area (Å²) in [4.78, 5) is 18.3. The highest BCUT2D eigenvalue weighted by atomic mass is 16.5. The van der Waals surface area contributed by atoms with Crippen LogP contribution in [0.4, 0.5) is 16.2 Å². The maximum absolute atomic E-state index is 12.2. The molecule has 2 N–H and O–H groups in total. The second kappa shape index (κ2) is 10.9. The molecule has 30 heavy (non-hydrogen) atoms. The maximum atomic E-state index is 12.2. The van der Waals surface area contributed by atoms with Gasteiger partial charge in [0.15, 0.2) is 0 Å². The van der Waals surface area contributed by atoms with Crippen molar-refractivity contribution in [3.63, 3.8) is 0 Å². The van der Waals surface area contributed by atoms with Gasteiger partial charge in [-0.05, 0) is 48.7 Å². The van der Waals surface area contributed by atoms with Crippen LogP contribution in [-0.2, 0) is 13.0 Å². The van der Waals surface area contributed by atoms with E-state index in [4.69, 9.17) is 4.74 Å². The molecule has 0 aliphatic rings. The molecule has 0 saturated carbocycles. The number of carbonyl (C=O) groups is 1. The molecule has 0 atom stereocenters. The highest BCUT2D eigenvalue weighted by molar-refractivity contribution is 5.89. The third-order valence-corrected chi connectivity index (χ3v) is 4.60. The Morgan fingerprint density at radius 3 is 2.60 bits per heavy atom. The van der Waals surface area contributed by atoms with Crippen LogP contribution in [0.1, 0.15) is 17.5 Å². The van der Waals surface area contributed by atoms with E-state index >= 15 is 0 Å². The zero-order chi connectivity index (χ0) is 21.2. The van der Waals surface area contributed by atoms with Crippen LogP contribution in [0.2, 0.25) is 0 Å². The van der Waals surface area contributed by atoms with E-state index in [1.807, 2.05) is 50.5 Å². The number of aryl methyl sites for hydroxylation is 1. The van der Waals surface area contributed by atoms with Crippen LogP contribution < -0.4 is 20.3 Å². The third-order valence-electron chi connectivity index (χ3n) is 4.60. The molecule has 3 rings (SSSR count). The predicted molar refractivity (Wildman–Crippen MR) is 121 cm³/mol. The van der Waals surface area contributed by atoms with E-state index in [0.717, 1.165) is 18.4 Å². The van der Waals surface area contributed by atoms with E-state index in [1.54, 1.807) is 12.4 Å². The minimum Gasteiger partial charge on any atom is -0.489 e. The van der Waals surface area contributed by atoms with Gasteiger partial charge in [0, 0.05) is 56.0 Å². The first-order valence-corrected chi connectivity index (χ1v) is 10.0. The molecule has 1 aromatic heterocycles. The van der Waals surface area contributed by atoms with Crippen molar-refractivity contribution in [3.05, 3.63) is 84.2 Å². The second-order valence-electron chi connectivity index (χ2n) is 7.22. The molecular formula is C24H28N4O2. The lowest BCUT2D eigenvalue weighted by molar-refractivity contribution is 0.252. The zero-order valence-electron chi connectivity index (χ0n) is 17.5. The molecule has 2 amide bonds. The molecule has 3 aromatic rings. The number of benzene rings is 2. The van der Waals surface area contributed by atoms with Crippen LogP contribution in [0.5, 0.6) is 5.75 Å². The van der Waals surface area contributed by atoms with Gasteiger partial charge in [0.1, 0.15) is 12.4 Å². The number of aromatic nitrogens is 1. The minimum absolute atomic E-state index is 0.220. The van der Waals surface area contributed by atoms with E-state index in [-0.39, 0.29) is 6.03 Å². The highest BCUT2D eigenvalue weighted by Gasteiger charge is 2.04. The standard InChI is InChI=1S/C24H28N4O2/c1-28(2)22-12-10-19(11-13-22)6-5-15-26-24(29)27-21-8-3-9-23(16-21)30-18-20-7-4-14-25-17-20/h3-4,7-14,16-17H,5-6,15,18H2,1-2H3,(H2,26,27,29). The molecule has 0 saturated heterocycles. The molecule has 0 aliphatic carbocycles. The second-order valence-corrected chi connectivity index (χ2v) is 7.22. The number of ether oxygens (including phenoxy) is 1. The molecule has 0 spiro atoms. The van der Waals surface area contributed by atoms with Crippen LogP contribution in [0.3, 0.4) is 0 Å². The molecule has 0 fully saturated rings. The smallest absolute Gasteiger partial charge is 0.319 e. The number of anilines is 2. The molecule has 0 aliphatic heterocycles. The molecule has 2 aromatic carbocycles. The van der Waals surface area contributed by atoms with Crippen LogP contribution in [-0.4, -0.2) is 31.7 Å². The van der Waals surface area contributed by atoms with Crippen molar-refractivity contribution in [2.24, 2.45) is 0 Å². The Morgan fingerprint density at radius 1 is 1.03 bits per heavy atom. The summed E-state index contributed by atoms with van der Waals surface area (Å²) >= 11 is 0. The Hall–Kier alpha value is -3.54. The van der Waals surface area contributed by atoms with Crippen LogP contribution >= 0.6 is 0 Å². The monoisotopic (exact) mass is 404 g/mol. The number of carbonyl (C=O) groups excluding carboxylic acids is 1. The van der Waals surface area contributed by atoms with Crippen molar-refractivity contribution in [2.45, 2.75) is 19.4 Å². The van der Waals surface area contributed by atoms with E-state index in [1.165, 1.54) is 11.3 Å². The van der Waals surface area contributed by atoms with Crippen molar-refractivity contribution < 1.29 is 9.53 Å². The van der Waals surface area contributed by atoms with E-state index in [9.17, 15) is 4.79 Å². The third kappa shape index (κ3) is 6.81. The van der Waals surface area contributed by atoms with Crippen molar-refractivity contribution in [1.29, 1.82) is 0 Å². The van der Waals surface area contributed by atoms with Crippen LogP contribution in [0, 0.1) is 0 Å². The number of nitrogens with zero attached hydrogens (tertiary/aromatic N) is 2. The van der Waals surface area contributed by atoms with Gasteiger partial charge in [0.05, 0.1) is 0 Å². The van der Waals surface area contributed by atoms with Crippen LogP contribution in [0.15, 0.2) is 73.1 Å². The van der Waals surface area contributed by atoms with E-state index < -0.39 is 0 Å². The molecule has 6 heteroatoms. The topological polar surface area (TPSA) is 66.5 Å². The lowest BCUT2D eigenvalue weighted by atomic mass is 10.1. The first kappa shape index (κ1) is 21.2. The largest absolute Gasteiger partial charge is 0.489 e. The lowest BCUT2D eigenvalue weighted by Crippen LogP contribution is -2.29. The lowest BCUT2D eigenvalue weighted by Gasteiger charge is -2.13. The van der Waals surface area contributed by atoms with Crippen molar-refractivity contribution >= 4 is 17.4 Å². The molecule has 6 nitrogen and oxygen atoms in total. The molecular weight excluding hydrogens is 376 g/mol. The first-order valence-electron chi connectivity index (χ1n) is 10.0. The Kier molecular flexibility index (Phi) is 7.66. The minimum atomic E-state index is -0.220. The Bertz CT molecular complexity index is 927. The quantitative estimate of drug-likeness (QED) is 0.516. The fraction of sp³-hybridized carbons (Fsp3) is 0.250. The summed E-state index contributed by atoms with van der Waals surface area (Å²) in [5, 5.41) is 5.75. The molecule has 1 heterocycles. The average Bonchev–Trinajstić information content (AvgIpc) is 2.76. The number of hydrogen-bond acceptors (Lipinski definition) is 4. The van der Waals surface area contributed by atoms with Crippen molar-refractivity contribution in [2.75, 3.05) is 30.9 Å². The number of urea groups is 1. The van der Waals surface area contributed by atoms with Gasteiger partial charge in [0.25, 0.3) is 0 Å². The Balaban J connectivity index is 1.39. The highest BCUT2D eigenvalue weighted by Crippen LogP contribution is 2.18. The van der Waals surface area contributed by atoms with Crippen molar-refractivity contribution in [3.8, 4) is 5.75 Å². The summed E-state index contributed by atoms with van der Waals surface area (Å²) in [6, 6.07) is 19.5. The van der Waals surface area contributed by atoms with Gasteiger partial charge < -0.3 is 20.3 Å². The van der Waals surface area contributed by atoms with E-state index in [0.29, 0.717) is 24.6 Å². The van der Waals surface area contributed by atoms with Gasteiger partial charge in [-0.1, -0.05) is 24.3 Å². The van der Waals surface area contributed by atoms with E-state index in [2.05, 4.69) is 44.8 Å². The normalized spacial score (nSPS) is 10.3.